The van der Waals surface area contributed by atoms with E-state index < -0.39 is 20.2 Å². The molecule has 9 heteroatoms. The van der Waals surface area contributed by atoms with Crippen molar-refractivity contribution in [3.05, 3.63) is 0 Å². The molecular weight excluding hydrogens is 467 g/mol. The van der Waals surface area contributed by atoms with E-state index in [2.05, 4.69) is 12.2 Å². The molecule has 1 fully saturated rings. The second kappa shape index (κ2) is 18.0. The van der Waals surface area contributed by atoms with E-state index in [-0.39, 0.29) is 18.4 Å². The lowest BCUT2D eigenvalue weighted by Gasteiger charge is -2.34. The smallest absolute Gasteiger partial charge is 0.267 e. The molecule has 0 saturated carbocycles. The number of ketones is 1. The van der Waals surface area contributed by atoms with Gasteiger partial charge in [0.05, 0.1) is 21.1 Å². The molecule has 0 aromatic carbocycles. The van der Waals surface area contributed by atoms with E-state index >= 15 is 0 Å². The number of rotatable bonds is 22. The lowest BCUT2D eigenvalue weighted by atomic mass is 9.99. The van der Waals surface area contributed by atoms with Crippen LogP contribution in [0.4, 0.5) is 0 Å². The van der Waals surface area contributed by atoms with E-state index in [4.69, 9.17) is 9.26 Å². The maximum absolute atomic E-state index is 13.1. The fourth-order valence-corrected chi connectivity index (χ4v) is 5.10. The largest absolute Gasteiger partial charge is 0.756 e. The van der Waals surface area contributed by atoms with E-state index in [1.54, 1.807) is 0 Å². The summed E-state index contributed by atoms with van der Waals surface area (Å²) in [6.45, 7) is 3.24. The molecule has 1 aliphatic rings. The number of phosphoric ester groups is 1. The van der Waals surface area contributed by atoms with Crippen molar-refractivity contribution in [1.82, 2.24) is 5.32 Å². The van der Waals surface area contributed by atoms with Gasteiger partial charge in [-0.2, -0.15) is 0 Å². The highest BCUT2D eigenvalue weighted by atomic mass is 31.2. The number of hydrogen-bond acceptors (Lipinski definition) is 6. The molecule has 208 valence electrons. The number of nitrogens with zero attached hydrogens (tertiary/aromatic N) is 1. The maximum atomic E-state index is 13.1. The van der Waals surface area contributed by atoms with Crippen molar-refractivity contribution in [3.63, 3.8) is 0 Å². The Labute approximate surface area is 214 Å². The van der Waals surface area contributed by atoms with Crippen molar-refractivity contribution in [1.29, 1.82) is 0 Å². The van der Waals surface area contributed by atoms with Crippen LogP contribution in [0.5, 0.6) is 0 Å². The molecule has 1 rings (SSSR count). The number of likely N-dealkylation sites (N-methyl/N-ethyl adjacent to an activating group) is 1. The van der Waals surface area contributed by atoms with Crippen molar-refractivity contribution in [2.45, 2.75) is 128 Å². The normalized spacial score (nSPS) is 20.0. The summed E-state index contributed by atoms with van der Waals surface area (Å²) >= 11 is 0. The molecule has 1 aliphatic heterocycles. The Morgan fingerprint density at radius 2 is 1.51 bits per heavy atom. The molecule has 0 aliphatic carbocycles. The number of carbonyl (C=O) groups excluding carboxylic acids is 1. The molecule has 4 atom stereocenters. The van der Waals surface area contributed by atoms with E-state index in [1.165, 1.54) is 64.2 Å². The summed E-state index contributed by atoms with van der Waals surface area (Å²) in [6, 6.07) is -0.159. The SMILES string of the molecule is CCCCCCCCCCCCCCCC(=O)C(OC(C[N+](C)(C)C)OP(=O)([O-])O)C1CCCN1. The maximum Gasteiger partial charge on any atom is 0.267 e. The van der Waals surface area contributed by atoms with Crippen LogP contribution < -0.4 is 10.2 Å². The first kappa shape index (κ1) is 32.7. The van der Waals surface area contributed by atoms with Gasteiger partial charge in [-0.3, -0.25) is 13.9 Å². The fourth-order valence-electron chi connectivity index (χ4n) is 4.68. The average Bonchev–Trinajstić information content (AvgIpc) is 3.27. The highest BCUT2D eigenvalue weighted by Crippen LogP contribution is 2.34. The Morgan fingerprint density at radius 1 is 1.00 bits per heavy atom. The third kappa shape index (κ3) is 17.7. The van der Waals surface area contributed by atoms with Crippen LogP contribution in [-0.2, 0) is 18.6 Å². The van der Waals surface area contributed by atoms with Gasteiger partial charge >= 0.3 is 0 Å². The Bertz CT molecular complexity index is 601. The average molecular weight is 521 g/mol. The number of Topliss-reactive ketones (excluding diaryl/α,β-unsaturated/α-hetero) is 1. The predicted molar refractivity (Wildman–Crippen MR) is 139 cm³/mol. The minimum atomic E-state index is -4.99. The Morgan fingerprint density at radius 3 is 1.94 bits per heavy atom. The van der Waals surface area contributed by atoms with Gasteiger partial charge in [-0.15, -0.1) is 0 Å². The first-order chi connectivity index (χ1) is 16.5. The van der Waals surface area contributed by atoms with Gasteiger partial charge in [-0.1, -0.05) is 84.0 Å². The van der Waals surface area contributed by atoms with Crippen LogP contribution in [0.2, 0.25) is 0 Å². The lowest BCUT2D eigenvalue weighted by molar-refractivity contribution is -0.876. The van der Waals surface area contributed by atoms with Crippen LogP contribution in [0.25, 0.3) is 0 Å². The number of phosphoric acid groups is 1. The summed E-state index contributed by atoms with van der Waals surface area (Å²) in [5, 5.41) is 3.30. The van der Waals surface area contributed by atoms with Gasteiger partial charge in [0, 0.05) is 12.5 Å². The summed E-state index contributed by atoms with van der Waals surface area (Å²) in [5.74, 6) is -0.0267. The molecule has 2 N–H and O–H groups in total. The highest BCUT2D eigenvalue weighted by Gasteiger charge is 2.35. The molecule has 0 aromatic rings. The van der Waals surface area contributed by atoms with Crippen LogP contribution in [0, 0.1) is 0 Å². The van der Waals surface area contributed by atoms with Crippen molar-refractivity contribution in [3.8, 4) is 0 Å². The molecule has 0 aromatic heterocycles. The van der Waals surface area contributed by atoms with E-state index in [9.17, 15) is 19.1 Å². The van der Waals surface area contributed by atoms with Gasteiger partial charge in [0.2, 0.25) is 6.29 Å². The molecular formula is C26H53N2O6P. The van der Waals surface area contributed by atoms with E-state index in [1.807, 2.05) is 21.1 Å². The van der Waals surface area contributed by atoms with Crippen molar-refractivity contribution >= 4 is 13.6 Å². The molecule has 1 saturated heterocycles. The summed E-state index contributed by atoms with van der Waals surface area (Å²) in [4.78, 5) is 33.7. The predicted octanol–water partition coefficient (Wildman–Crippen LogP) is 4.68. The van der Waals surface area contributed by atoms with Crippen LogP contribution in [-0.4, -0.2) is 67.8 Å². The minimum Gasteiger partial charge on any atom is -0.756 e. The van der Waals surface area contributed by atoms with Gasteiger partial charge in [-0.25, -0.2) is 0 Å². The van der Waals surface area contributed by atoms with E-state index in [0.717, 1.165) is 38.6 Å². The zero-order chi connectivity index (χ0) is 26.2. The lowest BCUT2D eigenvalue weighted by Crippen LogP contribution is -2.49. The Kier molecular flexibility index (Phi) is 16.8. The third-order valence-electron chi connectivity index (χ3n) is 6.55. The molecule has 0 amide bonds. The molecule has 35 heavy (non-hydrogen) atoms. The number of carbonyl (C=O) groups is 1. The van der Waals surface area contributed by atoms with Crippen molar-refractivity contribution < 1.29 is 32.9 Å². The standard InChI is InChI=1S/C26H53N2O6P/c1-5-6-7-8-9-10-11-12-13-14-15-16-17-20-24(29)26(23-19-18-21-27-23)33-25(22-28(2,3)4)34-35(30,31)32/h23,25-27H,5-22H2,1-4H3,(H-,30,31,32). The second-order valence-corrected chi connectivity index (χ2v) is 12.3. The van der Waals surface area contributed by atoms with Gasteiger partial charge < -0.3 is 24.3 Å². The highest BCUT2D eigenvalue weighted by molar-refractivity contribution is 7.44. The Balaban J connectivity index is 2.37. The summed E-state index contributed by atoms with van der Waals surface area (Å²) in [6.07, 6.45) is 16.4. The quantitative estimate of drug-likeness (QED) is 0.0923. The number of nitrogens with one attached hydrogen (secondary N) is 1. The first-order valence-electron chi connectivity index (χ1n) is 14.0. The Hall–Kier alpha value is -0.340. The topological polar surface area (TPSA) is 108 Å². The van der Waals surface area contributed by atoms with Gasteiger partial charge in [0.25, 0.3) is 7.82 Å². The zero-order valence-electron chi connectivity index (χ0n) is 22.8. The first-order valence-corrected chi connectivity index (χ1v) is 15.5. The van der Waals surface area contributed by atoms with Crippen molar-refractivity contribution in [2.24, 2.45) is 0 Å². The number of quaternary nitrogens is 1. The van der Waals surface area contributed by atoms with Crippen LogP contribution in [0.3, 0.4) is 0 Å². The minimum absolute atomic E-state index is 0.0267. The van der Waals surface area contributed by atoms with Gasteiger partial charge in [-0.05, 0) is 25.8 Å². The van der Waals surface area contributed by atoms with Crippen LogP contribution >= 0.6 is 7.82 Å². The van der Waals surface area contributed by atoms with Crippen molar-refractivity contribution in [2.75, 3.05) is 34.2 Å². The molecule has 1 heterocycles. The number of unbranched alkanes of at least 4 members (excludes halogenated alkanes) is 12. The third-order valence-corrected chi connectivity index (χ3v) is 7.06. The second-order valence-electron chi connectivity index (χ2n) is 11.2. The molecule has 0 bridgehead atoms. The van der Waals surface area contributed by atoms with Gasteiger partial charge in [0.15, 0.2) is 5.78 Å². The van der Waals surface area contributed by atoms with Gasteiger partial charge in [0.1, 0.15) is 12.6 Å². The monoisotopic (exact) mass is 520 g/mol. The molecule has 8 nitrogen and oxygen atoms in total. The fraction of sp³-hybridized carbons (Fsp3) is 0.962. The van der Waals surface area contributed by atoms with Crippen LogP contribution in [0.15, 0.2) is 0 Å². The summed E-state index contributed by atoms with van der Waals surface area (Å²) in [5.41, 5.74) is 0. The molecule has 0 spiro atoms. The summed E-state index contributed by atoms with van der Waals surface area (Å²) < 4.78 is 22.5. The number of hydrogen-bond donors (Lipinski definition) is 2. The number of ether oxygens (including phenoxy) is 1. The van der Waals surface area contributed by atoms with Crippen LogP contribution in [0.1, 0.15) is 110 Å². The molecule has 0 radical (unpaired) electrons. The summed E-state index contributed by atoms with van der Waals surface area (Å²) in [7, 11) is 0.605. The molecule has 4 unspecified atom stereocenters. The zero-order valence-corrected chi connectivity index (χ0v) is 23.7. The van der Waals surface area contributed by atoms with E-state index in [0.29, 0.717) is 10.9 Å².